The summed E-state index contributed by atoms with van der Waals surface area (Å²) in [6.07, 6.45) is 9.37. The molecule has 0 saturated heterocycles. The van der Waals surface area contributed by atoms with Gasteiger partial charge in [0.1, 0.15) is 23.2 Å². The van der Waals surface area contributed by atoms with Crippen molar-refractivity contribution >= 4 is 41.3 Å². The molecule has 3 rings (SSSR count). The molecule has 1 atom stereocenters. The molecule has 1 heterocycles. The number of allylic oxidation sites excluding steroid dienone is 2. The van der Waals surface area contributed by atoms with Crippen LogP contribution in [0.15, 0.2) is 45.9 Å². The van der Waals surface area contributed by atoms with Gasteiger partial charge in [-0.25, -0.2) is 4.79 Å². The number of nitrogens with two attached hydrogens (primary N) is 2. The highest BCUT2D eigenvalue weighted by Gasteiger charge is 2.56. The van der Waals surface area contributed by atoms with Gasteiger partial charge in [-0.3, -0.25) is 24.3 Å². The Bertz CT molecular complexity index is 1430. The van der Waals surface area contributed by atoms with Gasteiger partial charge < -0.3 is 31.0 Å². The van der Waals surface area contributed by atoms with E-state index in [0.29, 0.717) is 11.9 Å². The molecule has 46 heavy (non-hydrogen) atoms. The Kier molecular flexibility index (Phi) is 11.6. The third-order valence-corrected chi connectivity index (χ3v) is 9.33. The predicted molar refractivity (Wildman–Crippen MR) is 180 cm³/mol. The summed E-state index contributed by atoms with van der Waals surface area (Å²) in [5, 5.41) is 14.1. The van der Waals surface area contributed by atoms with E-state index in [1.807, 2.05) is 0 Å². The van der Waals surface area contributed by atoms with Crippen LogP contribution in [-0.2, 0) is 30.5 Å². The number of amides is 3. The maximum atomic E-state index is 13.5. The second-order valence-corrected chi connectivity index (χ2v) is 15.5. The minimum Gasteiger partial charge on any atom is -0.466 e. The van der Waals surface area contributed by atoms with Gasteiger partial charge in [-0.1, -0.05) is 40.7 Å². The van der Waals surface area contributed by atoms with Gasteiger partial charge >= 0.3 is 5.97 Å². The second-order valence-electron chi connectivity index (χ2n) is 14.9. The summed E-state index contributed by atoms with van der Waals surface area (Å²) in [6, 6.07) is 1.90. The number of fused-ring (bicyclic) bond motifs is 2. The highest BCUT2D eigenvalue weighted by molar-refractivity contribution is 8.01. The fraction of sp³-hybridized carbons (Fsp3) is 0.606. The summed E-state index contributed by atoms with van der Waals surface area (Å²) in [5.41, 5.74) is 5.22. The number of carbonyl (C=O) groups excluding carboxylic acids is 4. The van der Waals surface area contributed by atoms with Crippen LogP contribution in [0.25, 0.3) is 0 Å². The number of nitrogens with one attached hydrogen (secondary N) is 3. The van der Waals surface area contributed by atoms with E-state index >= 15 is 0 Å². The number of hydrogen-bond donors (Lipinski definition) is 5. The Labute approximate surface area is 275 Å². The third-order valence-electron chi connectivity index (χ3n) is 8.59. The van der Waals surface area contributed by atoms with Crippen LogP contribution < -0.4 is 32.4 Å². The number of ether oxygens (including phenoxy) is 1. The van der Waals surface area contributed by atoms with E-state index in [1.54, 1.807) is 6.07 Å². The Hall–Kier alpha value is -3.58. The average molecular weight is 659 g/mol. The SMILES string of the molecule is COC(=O)/C=C/CC[C@H](NC(=O)/C(SN)=C(\C)N)C(=O)Nc1cccn(CC(=O)NC23CC(C)(C)CC(C)(CC(C)(C)C2)C3)c1=O. The van der Waals surface area contributed by atoms with E-state index in [0.717, 1.165) is 32.1 Å². The van der Waals surface area contributed by atoms with Crippen molar-refractivity contribution in [2.24, 2.45) is 27.1 Å². The zero-order valence-corrected chi connectivity index (χ0v) is 28.9. The topological polar surface area (TPSA) is 188 Å². The molecule has 0 aliphatic heterocycles. The summed E-state index contributed by atoms with van der Waals surface area (Å²) >= 11 is 0.650. The lowest BCUT2D eigenvalue weighted by Gasteiger charge is -2.61. The van der Waals surface area contributed by atoms with Crippen molar-refractivity contribution in [3.63, 3.8) is 0 Å². The molecule has 2 aliphatic rings. The molecular formula is C33H50N6O6S. The van der Waals surface area contributed by atoms with Crippen LogP contribution >= 0.6 is 11.9 Å². The Balaban J connectivity index is 1.78. The number of carbonyl (C=O) groups is 4. The van der Waals surface area contributed by atoms with Crippen molar-refractivity contribution in [1.29, 1.82) is 0 Å². The standard InChI is InChI=1S/C33H50N6O6S/c1-21(34)26(46-35)28(43)36-22(11-8-9-13-25(41)45-7)27(42)37-23-12-10-14-39(29(23)44)15-24(40)38-33-18-30(2,3)16-32(6,20-33)17-31(4,5)19-33/h9-10,12-14,22H,8,11,15-20,34-35H2,1-7H3,(H,36,43)(H,37,42)(H,38,40)/b13-9+,26-21-/t22-,32?,33?/m0/s1. The van der Waals surface area contributed by atoms with Crippen LogP contribution in [0, 0.1) is 16.2 Å². The second kappa shape index (κ2) is 14.5. The molecule has 0 spiro atoms. The lowest BCUT2D eigenvalue weighted by atomic mass is 9.47. The highest BCUT2D eigenvalue weighted by atomic mass is 32.2. The molecule has 13 heteroatoms. The van der Waals surface area contributed by atoms with E-state index in [1.165, 1.54) is 43.0 Å². The quantitative estimate of drug-likeness (QED) is 0.127. The number of anilines is 1. The predicted octanol–water partition coefficient (Wildman–Crippen LogP) is 3.47. The Morgan fingerprint density at radius 3 is 2.26 bits per heavy atom. The van der Waals surface area contributed by atoms with Crippen molar-refractivity contribution in [2.75, 3.05) is 12.4 Å². The van der Waals surface area contributed by atoms with E-state index in [4.69, 9.17) is 10.9 Å². The van der Waals surface area contributed by atoms with E-state index in [2.05, 4.69) is 55.3 Å². The van der Waals surface area contributed by atoms with Crippen LogP contribution in [0.2, 0.25) is 0 Å². The first kappa shape index (κ1) is 36.9. The van der Waals surface area contributed by atoms with E-state index in [9.17, 15) is 24.0 Å². The number of hydrogen-bond acceptors (Lipinski definition) is 9. The van der Waals surface area contributed by atoms with Crippen LogP contribution in [0.3, 0.4) is 0 Å². The van der Waals surface area contributed by atoms with Gasteiger partial charge in [-0.2, -0.15) is 0 Å². The van der Waals surface area contributed by atoms with Crippen molar-refractivity contribution < 1.29 is 23.9 Å². The lowest BCUT2D eigenvalue weighted by molar-refractivity contribution is -0.135. The zero-order chi connectivity index (χ0) is 34.5. The third kappa shape index (κ3) is 9.71. The molecule has 2 aliphatic carbocycles. The molecule has 2 fully saturated rings. The minimum absolute atomic E-state index is 0.0403. The summed E-state index contributed by atoms with van der Waals surface area (Å²) in [7, 11) is 1.25. The Morgan fingerprint density at radius 2 is 1.70 bits per heavy atom. The van der Waals surface area contributed by atoms with Gasteiger partial charge in [0.25, 0.3) is 11.5 Å². The van der Waals surface area contributed by atoms with Gasteiger partial charge in [-0.15, -0.1) is 0 Å². The molecule has 0 aromatic carbocycles. The molecule has 2 bridgehead atoms. The van der Waals surface area contributed by atoms with Gasteiger partial charge in [0.2, 0.25) is 11.8 Å². The molecule has 12 nitrogen and oxygen atoms in total. The minimum atomic E-state index is -1.11. The number of aromatic nitrogens is 1. The van der Waals surface area contributed by atoms with Crippen molar-refractivity contribution in [3.8, 4) is 0 Å². The molecule has 0 unspecified atom stereocenters. The van der Waals surface area contributed by atoms with Gasteiger partial charge in [0.15, 0.2) is 0 Å². The van der Waals surface area contributed by atoms with Gasteiger partial charge in [0, 0.05) is 23.5 Å². The lowest BCUT2D eigenvalue weighted by Crippen LogP contribution is -2.62. The van der Waals surface area contributed by atoms with Gasteiger partial charge in [0.05, 0.1) is 7.11 Å². The normalized spacial score (nSPS) is 24.3. The van der Waals surface area contributed by atoms with Crippen LogP contribution in [0.4, 0.5) is 5.69 Å². The van der Waals surface area contributed by atoms with Crippen LogP contribution in [0.5, 0.6) is 0 Å². The molecular weight excluding hydrogens is 608 g/mol. The number of rotatable bonds is 12. The van der Waals surface area contributed by atoms with Gasteiger partial charge in [-0.05, 0) is 92.2 Å². The van der Waals surface area contributed by atoms with Crippen molar-refractivity contribution in [2.45, 2.75) is 105 Å². The molecule has 254 valence electrons. The monoisotopic (exact) mass is 658 g/mol. The summed E-state index contributed by atoms with van der Waals surface area (Å²) in [5.74, 6) is -2.14. The Morgan fingerprint density at radius 1 is 1.07 bits per heavy atom. The molecule has 1 aromatic rings. The number of esters is 1. The highest BCUT2D eigenvalue weighted by Crippen LogP contribution is 2.61. The maximum Gasteiger partial charge on any atom is 0.330 e. The van der Waals surface area contributed by atoms with Crippen LogP contribution in [-0.4, -0.2) is 46.9 Å². The molecule has 0 radical (unpaired) electrons. The van der Waals surface area contributed by atoms with Crippen molar-refractivity contribution in [3.05, 3.63) is 51.4 Å². The smallest absolute Gasteiger partial charge is 0.330 e. The largest absolute Gasteiger partial charge is 0.466 e. The summed E-state index contributed by atoms with van der Waals surface area (Å²) in [6.45, 7) is 12.7. The van der Waals surface area contributed by atoms with E-state index in [-0.39, 0.29) is 63.4 Å². The van der Waals surface area contributed by atoms with E-state index < -0.39 is 29.4 Å². The molecule has 1 aromatic heterocycles. The zero-order valence-electron chi connectivity index (χ0n) is 28.1. The van der Waals surface area contributed by atoms with Crippen molar-refractivity contribution in [1.82, 2.24) is 15.2 Å². The number of methoxy groups -OCH3 is 1. The fourth-order valence-electron chi connectivity index (χ4n) is 8.39. The fourth-order valence-corrected chi connectivity index (χ4v) is 8.74. The maximum absolute atomic E-state index is 13.5. The molecule has 3 amide bonds. The number of nitrogens with zero attached hydrogens (tertiary/aromatic N) is 1. The number of pyridine rings is 1. The molecule has 7 N–H and O–H groups in total. The van der Waals surface area contributed by atoms with Crippen LogP contribution in [0.1, 0.15) is 86.5 Å². The molecule has 2 saturated carbocycles. The first-order valence-corrected chi connectivity index (χ1v) is 16.4. The summed E-state index contributed by atoms with van der Waals surface area (Å²) < 4.78 is 5.84. The first-order valence-electron chi connectivity index (χ1n) is 15.5. The summed E-state index contributed by atoms with van der Waals surface area (Å²) in [4.78, 5) is 64.6. The first-order chi connectivity index (χ1) is 21.3. The average Bonchev–Trinajstić information content (AvgIpc) is 2.89.